The molecule has 0 radical (unpaired) electrons. The Morgan fingerprint density at radius 3 is 2.78 bits per heavy atom. The summed E-state index contributed by atoms with van der Waals surface area (Å²) in [7, 11) is 0. The summed E-state index contributed by atoms with van der Waals surface area (Å²) in [5, 5.41) is 8.67. The third-order valence-electron chi connectivity index (χ3n) is 2.44. The molecule has 0 unspecified atom stereocenters. The molecule has 0 amide bonds. The molecule has 0 aliphatic carbocycles. The zero-order valence-electron chi connectivity index (χ0n) is 10.2. The van der Waals surface area contributed by atoms with Crippen molar-refractivity contribution in [2.75, 3.05) is 11.9 Å². The molecule has 0 bridgehead atoms. The minimum Gasteiger partial charge on any atom is -0.353 e. The normalized spacial score (nSPS) is 10.7. The number of hydrogen-bond acceptors (Lipinski definition) is 3. The van der Waals surface area contributed by atoms with Crippen molar-refractivity contribution >= 4 is 29.2 Å². The van der Waals surface area contributed by atoms with E-state index in [1.54, 1.807) is 16.8 Å². The van der Waals surface area contributed by atoms with Gasteiger partial charge in [0.1, 0.15) is 5.82 Å². The van der Waals surface area contributed by atoms with Crippen LogP contribution in [0.5, 0.6) is 0 Å². The molecular weight excluding hydrogens is 271 g/mol. The Balaban J connectivity index is 2.35. The van der Waals surface area contributed by atoms with Crippen LogP contribution in [0.4, 0.5) is 5.95 Å². The molecule has 1 aromatic heterocycles. The lowest BCUT2D eigenvalue weighted by Crippen LogP contribution is -2.03. The van der Waals surface area contributed by atoms with E-state index in [2.05, 4.69) is 22.3 Å². The van der Waals surface area contributed by atoms with Crippen LogP contribution in [0.15, 0.2) is 18.2 Å². The Labute approximate surface area is 116 Å². The van der Waals surface area contributed by atoms with Crippen LogP contribution >= 0.6 is 23.2 Å². The molecule has 0 saturated heterocycles. The van der Waals surface area contributed by atoms with Gasteiger partial charge in [-0.1, -0.05) is 30.1 Å². The van der Waals surface area contributed by atoms with Crippen LogP contribution in [-0.4, -0.2) is 21.3 Å². The maximum Gasteiger partial charge on any atom is 0.242 e. The minimum absolute atomic E-state index is 0.553. The van der Waals surface area contributed by atoms with Crippen molar-refractivity contribution in [3.63, 3.8) is 0 Å². The molecule has 18 heavy (non-hydrogen) atoms. The van der Waals surface area contributed by atoms with E-state index >= 15 is 0 Å². The lowest BCUT2D eigenvalue weighted by molar-refractivity contribution is 0.838. The van der Waals surface area contributed by atoms with Gasteiger partial charge in [-0.3, -0.25) is 0 Å². The van der Waals surface area contributed by atoms with Crippen LogP contribution in [0.3, 0.4) is 0 Å². The zero-order chi connectivity index (χ0) is 13.1. The van der Waals surface area contributed by atoms with Crippen molar-refractivity contribution in [3.8, 4) is 5.69 Å². The standard InChI is InChI=1S/C12H14Cl2N4/c1-3-6-15-12-16-8(2)18(17-12)11-5-4-9(13)7-10(11)14/h4-5,7H,3,6H2,1-2H3,(H,15,17). The lowest BCUT2D eigenvalue weighted by atomic mass is 10.3. The highest BCUT2D eigenvalue weighted by Crippen LogP contribution is 2.25. The predicted molar refractivity (Wildman–Crippen MR) is 74.9 cm³/mol. The largest absolute Gasteiger partial charge is 0.353 e. The molecule has 0 fully saturated rings. The van der Waals surface area contributed by atoms with E-state index in [4.69, 9.17) is 23.2 Å². The third-order valence-corrected chi connectivity index (χ3v) is 2.98. The van der Waals surface area contributed by atoms with Crippen LogP contribution in [0.2, 0.25) is 10.0 Å². The summed E-state index contributed by atoms with van der Waals surface area (Å²) in [5.74, 6) is 1.39. The fourth-order valence-corrected chi connectivity index (χ4v) is 2.07. The Hall–Kier alpha value is -1.26. The molecular formula is C12H14Cl2N4. The summed E-state index contributed by atoms with van der Waals surface area (Å²) in [6.07, 6.45) is 1.02. The number of hydrogen-bond donors (Lipinski definition) is 1. The maximum absolute atomic E-state index is 6.16. The molecule has 4 nitrogen and oxygen atoms in total. The molecule has 6 heteroatoms. The average molecular weight is 285 g/mol. The van der Waals surface area contributed by atoms with Crippen molar-refractivity contribution in [2.24, 2.45) is 0 Å². The van der Waals surface area contributed by atoms with Crippen molar-refractivity contribution in [1.29, 1.82) is 0 Å². The van der Waals surface area contributed by atoms with Gasteiger partial charge in [-0.15, -0.1) is 5.10 Å². The molecule has 1 N–H and O–H groups in total. The van der Waals surface area contributed by atoms with Gasteiger partial charge in [-0.25, -0.2) is 4.68 Å². The van der Waals surface area contributed by atoms with Crippen LogP contribution in [0.1, 0.15) is 19.2 Å². The smallest absolute Gasteiger partial charge is 0.242 e. The van der Waals surface area contributed by atoms with Crippen LogP contribution in [0.25, 0.3) is 5.69 Å². The van der Waals surface area contributed by atoms with E-state index in [1.807, 2.05) is 13.0 Å². The highest BCUT2D eigenvalue weighted by molar-refractivity contribution is 6.35. The summed E-state index contributed by atoms with van der Waals surface area (Å²) >= 11 is 12.0. The van der Waals surface area contributed by atoms with Gasteiger partial charge in [0.15, 0.2) is 0 Å². The molecule has 0 aliphatic heterocycles. The monoisotopic (exact) mass is 284 g/mol. The Morgan fingerprint density at radius 2 is 2.11 bits per heavy atom. The Kier molecular flexibility index (Phi) is 4.09. The van der Waals surface area contributed by atoms with Gasteiger partial charge < -0.3 is 5.32 Å². The van der Waals surface area contributed by atoms with Crippen molar-refractivity contribution in [2.45, 2.75) is 20.3 Å². The Bertz CT molecular complexity index is 551. The third kappa shape index (κ3) is 2.76. The van der Waals surface area contributed by atoms with E-state index in [9.17, 15) is 0 Å². The van der Waals surface area contributed by atoms with Gasteiger partial charge in [0.25, 0.3) is 0 Å². The maximum atomic E-state index is 6.16. The highest BCUT2D eigenvalue weighted by atomic mass is 35.5. The first kappa shape index (κ1) is 13.2. The van der Waals surface area contributed by atoms with Crippen molar-refractivity contribution in [1.82, 2.24) is 14.8 Å². The van der Waals surface area contributed by atoms with Crippen LogP contribution < -0.4 is 5.32 Å². The van der Waals surface area contributed by atoms with E-state index in [1.165, 1.54) is 0 Å². The number of benzene rings is 1. The molecule has 0 aliphatic rings. The van der Waals surface area contributed by atoms with Gasteiger partial charge in [0, 0.05) is 11.6 Å². The van der Waals surface area contributed by atoms with Gasteiger partial charge in [-0.05, 0) is 31.5 Å². The molecule has 2 aromatic rings. The van der Waals surface area contributed by atoms with Gasteiger partial charge >= 0.3 is 0 Å². The highest BCUT2D eigenvalue weighted by Gasteiger charge is 2.10. The number of anilines is 1. The van der Waals surface area contributed by atoms with Crippen molar-refractivity contribution < 1.29 is 0 Å². The summed E-state index contributed by atoms with van der Waals surface area (Å²) < 4.78 is 1.71. The molecule has 1 heterocycles. The van der Waals surface area contributed by atoms with E-state index in [-0.39, 0.29) is 0 Å². The number of aryl methyl sites for hydroxylation is 1. The molecule has 96 valence electrons. The first-order chi connectivity index (χ1) is 8.61. The SMILES string of the molecule is CCCNc1nc(C)n(-c2ccc(Cl)cc2Cl)n1. The minimum atomic E-state index is 0.553. The number of nitrogens with zero attached hydrogens (tertiary/aromatic N) is 3. The summed E-state index contributed by atoms with van der Waals surface area (Å²) in [5.41, 5.74) is 0.774. The van der Waals surface area contributed by atoms with Crippen LogP contribution in [0, 0.1) is 6.92 Å². The quantitative estimate of drug-likeness (QED) is 0.931. The van der Waals surface area contributed by atoms with Gasteiger partial charge in [-0.2, -0.15) is 4.98 Å². The van der Waals surface area contributed by atoms with Gasteiger partial charge in [0.2, 0.25) is 5.95 Å². The van der Waals surface area contributed by atoms with E-state index < -0.39 is 0 Å². The van der Waals surface area contributed by atoms with Crippen LogP contribution in [-0.2, 0) is 0 Å². The predicted octanol–water partition coefficient (Wildman–Crippen LogP) is 3.70. The van der Waals surface area contributed by atoms with Crippen molar-refractivity contribution in [3.05, 3.63) is 34.1 Å². The summed E-state index contributed by atoms with van der Waals surface area (Å²) in [6, 6.07) is 5.30. The topological polar surface area (TPSA) is 42.7 Å². The first-order valence-electron chi connectivity index (χ1n) is 5.74. The molecule has 0 saturated carbocycles. The second-order valence-electron chi connectivity index (χ2n) is 3.92. The van der Waals surface area contributed by atoms with Gasteiger partial charge in [0.05, 0.1) is 10.7 Å². The zero-order valence-corrected chi connectivity index (χ0v) is 11.8. The number of aromatic nitrogens is 3. The first-order valence-corrected chi connectivity index (χ1v) is 6.50. The summed E-state index contributed by atoms with van der Waals surface area (Å²) in [6.45, 7) is 4.82. The fourth-order valence-electron chi connectivity index (χ4n) is 1.58. The molecule has 1 aromatic carbocycles. The summed E-state index contributed by atoms with van der Waals surface area (Å²) in [4.78, 5) is 4.34. The van der Waals surface area contributed by atoms with E-state index in [0.29, 0.717) is 16.0 Å². The molecule has 0 spiro atoms. The fraction of sp³-hybridized carbons (Fsp3) is 0.333. The molecule has 2 rings (SSSR count). The molecule has 0 atom stereocenters. The second-order valence-corrected chi connectivity index (χ2v) is 4.76. The number of nitrogens with one attached hydrogen (secondary N) is 1. The lowest BCUT2D eigenvalue weighted by Gasteiger charge is -2.05. The average Bonchev–Trinajstić information content (AvgIpc) is 2.68. The second kappa shape index (κ2) is 5.59. The number of halogens is 2. The van der Waals surface area contributed by atoms with E-state index in [0.717, 1.165) is 24.5 Å². The Morgan fingerprint density at radius 1 is 1.33 bits per heavy atom. The number of rotatable bonds is 4.